The lowest BCUT2D eigenvalue weighted by Crippen LogP contribution is -1.91. The number of ketones is 1. The molecule has 2 N–H and O–H groups in total. The van der Waals surface area contributed by atoms with Gasteiger partial charge in [0.05, 0.1) is 13.7 Å². The molecule has 86 valence electrons. The Kier molecular flexibility index (Phi) is 4.08. The highest BCUT2D eigenvalue weighted by molar-refractivity contribution is 5.91. The van der Waals surface area contributed by atoms with Gasteiger partial charge in [-0.3, -0.25) is 4.79 Å². The second-order valence-corrected chi connectivity index (χ2v) is 3.33. The molecule has 0 fully saturated rings. The van der Waals surface area contributed by atoms with Crippen LogP contribution < -0.4 is 4.74 Å². The number of ether oxygens (including phenoxy) is 1. The van der Waals surface area contributed by atoms with Crippen molar-refractivity contribution in [3.8, 4) is 11.5 Å². The summed E-state index contributed by atoms with van der Waals surface area (Å²) in [7, 11) is 1.43. The summed E-state index contributed by atoms with van der Waals surface area (Å²) in [6.07, 6.45) is 3.01. The minimum Gasteiger partial charge on any atom is -0.504 e. The van der Waals surface area contributed by atoms with Crippen LogP contribution in [0, 0.1) is 0 Å². The Labute approximate surface area is 93.8 Å². The zero-order valence-electron chi connectivity index (χ0n) is 9.23. The second-order valence-electron chi connectivity index (χ2n) is 3.33. The van der Waals surface area contributed by atoms with Gasteiger partial charge in [0.1, 0.15) is 0 Å². The van der Waals surface area contributed by atoms with E-state index in [-0.39, 0.29) is 23.9 Å². The van der Waals surface area contributed by atoms with Gasteiger partial charge in [-0.1, -0.05) is 6.08 Å². The van der Waals surface area contributed by atoms with Crippen LogP contribution in [0.5, 0.6) is 11.5 Å². The maximum atomic E-state index is 10.8. The van der Waals surface area contributed by atoms with Gasteiger partial charge >= 0.3 is 0 Å². The first-order chi connectivity index (χ1) is 7.58. The minimum atomic E-state index is -0.288. The van der Waals surface area contributed by atoms with Crippen molar-refractivity contribution in [2.45, 2.75) is 13.5 Å². The van der Waals surface area contributed by atoms with Gasteiger partial charge in [0, 0.05) is 5.56 Å². The quantitative estimate of drug-likeness (QED) is 0.757. The highest BCUT2D eigenvalue weighted by atomic mass is 16.5. The summed E-state index contributed by atoms with van der Waals surface area (Å²) in [6, 6.07) is 3.19. The molecule has 0 amide bonds. The fourth-order valence-corrected chi connectivity index (χ4v) is 1.28. The first-order valence-corrected chi connectivity index (χ1v) is 4.78. The van der Waals surface area contributed by atoms with Crippen LogP contribution in [0.3, 0.4) is 0 Å². The van der Waals surface area contributed by atoms with E-state index >= 15 is 0 Å². The third-order valence-corrected chi connectivity index (χ3v) is 2.08. The number of carbonyl (C=O) groups excluding carboxylic acids is 1. The van der Waals surface area contributed by atoms with Gasteiger partial charge in [-0.15, -0.1) is 0 Å². The van der Waals surface area contributed by atoms with Crippen LogP contribution in [0.2, 0.25) is 0 Å². The van der Waals surface area contributed by atoms with Gasteiger partial charge in [-0.05, 0) is 30.7 Å². The number of aromatic hydroxyl groups is 1. The van der Waals surface area contributed by atoms with Crippen molar-refractivity contribution in [3.63, 3.8) is 0 Å². The molecule has 0 bridgehead atoms. The van der Waals surface area contributed by atoms with E-state index in [1.165, 1.54) is 20.1 Å². The van der Waals surface area contributed by atoms with E-state index < -0.39 is 0 Å². The van der Waals surface area contributed by atoms with E-state index in [4.69, 9.17) is 9.84 Å². The normalized spacial score (nSPS) is 10.7. The van der Waals surface area contributed by atoms with Crippen LogP contribution in [0.25, 0.3) is 6.08 Å². The van der Waals surface area contributed by atoms with Crippen LogP contribution >= 0.6 is 0 Å². The largest absolute Gasteiger partial charge is 0.504 e. The Hall–Kier alpha value is -1.81. The van der Waals surface area contributed by atoms with Crippen molar-refractivity contribution >= 4 is 11.9 Å². The van der Waals surface area contributed by atoms with Crippen LogP contribution in [0.1, 0.15) is 18.1 Å². The van der Waals surface area contributed by atoms with Crippen molar-refractivity contribution in [2.75, 3.05) is 7.11 Å². The minimum absolute atomic E-state index is 0.0717. The fraction of sp³-hybridized carbons (Fsp3) is 0.250. The smallest absolute Gasteiger partial charge is 0.163 e. The van der Waals surface area contributed by atoms with Crippen molar-refractivity contribution in [2.24, 2.45) is 0 Å². The molecule has 0 saturated heterocycles. The number of hydrogen-bond acceptors (Lipinski definition) is 4. The van der Waals surface area contributed by atoms with E-state index in [9.17, 15) is 9.90 Å². The van der Waals surface area contributed by atoms with E-state index in [1.807, 2.05) is 0 Å². The van der Waals surface area contributed by atoms with Gasteiger partial charge in [-0.2, -0.15) is 0 Å². The molecule has 0 unspecified atom stereocenters. The molecule has 0 aliphatic heterocycles. The molecule has 0 atom stereocenters. The van der Waals surface area contributed by atoms with Crippen LogP contribution in [-0.2, 0) is 11.4 Å². The van der Waals surface area contributed by atoms with Crippen LogP contribution in [-0.4, -0.2) is 23.1 Å². The van der Waals surface area contributed by atoms with Crippen LogP contribution in [0.15, 0.2) is 18.2 Å². The molecule has 1 aromatic carbocycles. The molecule has 16 heavy (non-hydrogen) atoms. The molecule has 0 aliphatic carbocycles. The fourth-order valence-electron chi connectivity index (χ4n) is 1.28. The first kappa shape index (κ1) is 12.3. The number of allylic oxidation sites excluding steroid dienone is 1. The Balaban J connectivity index is 3.16. The Bertz CT molecular complexity index is 396. The predicted octanol–water partition coefficient (Wildman–Crippen LogP) is 1.50. The number of aliphatic hydroxyl groups is 1. The van der Waals surface area contributed by atoms with Gasteiger partial charge < -0.3 is 14.9 Å². The summed E-state index contributed by atoms with van der Waals surface area (Å²) in [6.45, 7) is 1.16. The van der Waals surface area contributed by atoms with Crippen molar-refractivity contribution in [3.05, 3.63) is 29.3 Å². The number of rotatable bonds is 4. The van der Waals surface area contributed by atoms with E-state index in [0.717, 1.165) is 0 Å². The average molecular weight is 222 g/mol. The van der Waals surface area contributed by atoms with Crippen LogP contribution in [0.4, 0.5) is 0 Å². The Morgan fingerprint density at radius 1 is 1.50 bits per heavy atom. The maximum absolute atomic E-state index is 10.8. The molecule has 0 radical (unpaired) electrons. The topological polar surface area (TPSA) is 66.8 Å². The summed E-state index contributed by atoms with van der Waals surface area (Å²) in [5, 5.41) is 18.6. The molecule has 4 heteroatoms. The molecule has 4 nitrogen and oxygen atoms in total. The highest BCUT2D eigenvalue weighted by Crippen LogP contribution is 2.31. The van der Waals surface area contributed by atoms with Gasteiger partial charge in [0.2, 0.25) is 0 Å². The molecule has 1 aromatic rings. The summed E-state index contributed by atoms with van der Waals surface area (Å²) < 4.78 is 4.96. The number of aliphatic hydroxyl groups excluding tert-OH is 1. The molecule has 1 rings (SSSR count). The van der Waals surface area contributed by atoms with E-state index in [0.29, 0.717) is 11.1 Å². The third-order valence-electron chi connectivity index (χ3n) is 2.08. The second kappa shape index (κ2) is 5.32. The van der Waals surface area contributed by atoms with E-state index in [1.54, 1.807) is 18.2 Å². The number of benzene rings is 1. The maximum Gasteiger partial charge on any atom is 0.163 e. The molecule has 0 saturated carbocycles. The standard InChI is InChI=1S/C12H14O4/c1-8(14)3-4-9-5-10(7-13)12(15)11(6-9)16-2/h3-6,13,15H,7H2,1-2H3/b4-3+. The molecule has 0 aromatic heterocycles. The number of methoxy groups -OCH3 is 1. The van der Waals surface area contributed by atoms with Gasteiger partial charge in [0.15, 0.2) is 17.3 Å². The predicted molar refractivity (Wildman–Crippen MR) is 60.3 cm³/mol. The SMILES string of the molecule is COc1cc(/C=C/C(C)=O)cc(CO)c1O. The van der Waals surface area contributed by atoms with Crippen molar-refractivity contribution in [1.82, 2.24) is 0 Å². The van der Waals surface area contributed by atoms with Crippen molar-refractivity contribution < 1.29 is 19.7 Å². The lowest BCUT2D eigenvalue weighted by Gasteiger charge is -2.08. The Morgan fingerprint density at radius 3 is 2.69 bits per heavy atom. The summed E-state index contributed by atoms with van der Waals surface area (Å²) in [5.74, 6) is 0.123. The number of hydrogen-bond donors (Lipinski definition) is 2. The first-order valence-electron chi connectivity index (χ1n) is 4.78. The monoisotopic (exact) mass is 222 g/mol. The summed E-state index contributed by atoms with van der Waals surface area (Å²) in [5.41, 5.74) is 1.05. The number of phenols is 1. The molecular weight excluding hydrogens is 208 g/mol. The third kappa shape index (κ3) is 2.84. The zero-order valence-corrected chi connectivity index (χ0v) is 9.23. The molecular formula is C12H14O4. The van der Waals surface area contributed by atoms with Gasteiger partial charge in [0.25, 0.3) is 0 Å². The molecule has 0 heterocycles. The Morgan fingerprint density at radius 2 is 2.19 bits per heavy atom. The average Bonchev–Trinajstić information content (AvgIpc) is 2.27. The molecule has 0 spiro atoms. The highest BCUT2D eigenvalue weighted by Gasteiger charge is 2.08. The zero-order chi connectivity index (χ0) is 12.1. The van der Waals surface area contributed by atoms with Gasteiger partial charge in [-0.25, -0.2) is 0 Å². The van der Waals surface area contributed by atoms with E-state index in [2.05, 4.69) is 0 Å². The lowest BCUT2D eigenvalue weighted by atomic mass is 10.1. The summed E-state index contributed by atoms with van der Waals surface area (Å²) >= 11 is 0. The van der Waals surface area contributed by atoms with Crippen molar-refractivity contribution in [1.29, 1.82) is 0 Å². The summed E-state index contributed by atoms with van der Waals surface area (Å²) in [4.78, 5) is 10.8. The molecule has 0 aliphatic rings. The number of carbonyl (C=O) groups is 1. The lowest BCUT2D eigenvalue weighted by molar-refractivity contribution is -0.112.